The number of nitrogens with zero attached hydrogens (tertiary/aromatic N) is 1. The Morgan fingerprint density at radius 3 is 1.93 bits per heavy atom. The number of benzene rings is 1. The molecule has 27 heavy (non-hydrogen) atoms. The summed E-state index contributed by atoms with van der Waals surface area (Å²) in [6, 6.07) is 11.5. The molecule has 0 bridgehead atoms. The largest absolute Gasteiger partial charge is 1.00 e. The van der Waals surface area contributed by atoms with E-state index in [-0.39, 0.29) is 12.4 Å². The lowest BCUT2D eigenvalue weighted by atomic mass is 10.0. The maximum atomic E-state index is 5.42. The van der Waals surface area contributed by atoms with Crippen LogP contribution in [0.5, 0.6) is 0 Å². The minimum absolute atomic E-state index is 0. The van der Waals surface area contributed by atoms with Crippen molar-refractivity contribution in [3.05, 3.63) is 35.9 Å². The monoisotopic (exact) mass is 436 g/mol. The molecule has 1 aromatic rings. The van der Waals surface area contributed by atoms with E-state index in [1.807, 2.05) is 11.8 Å². The fourth-order valence-electron chi connectivity index (χ4n) is 2.31. The van der Waals surface area contributed by atoms with Crippen LogP contribution in [0.4, 0.5) is 0 Å². The molecule has 0 amide bonds. The van der Waals surface area contributed by atoms with Crippen molar-refractivity contribution in [3.8, 4) is 0 Å². The molecule has 1 rings (SSSR count). The molecule has 4 nitrogen and oxygen atoms in total. The van der Waals surface area contributed by atoms with Crippen LogP contribution in [0.3, 0.4) is 0 Å². The Hall–Kier alpha value is -0.0831. The average molecular weight is 437 g/mol. The zero-order chi connectivity index (χ0) is 19.8. The summed E-state index contributed by atoms with van der Waals surface area (Å²) in [6.45, 7) is 8.92. The third-order valence-electron chi connectivity index (χ3n) is 4.52. The van der Waals surface area contributed by atoms with Crippen molar-refractivity contribution in [2.24, 2.45) is 0 Å². The molecule has 0 aromatic heterocycles. The first-order valence-electron chi connectivity index (χ1n) is 9.45. The van der Waals surface area contributed by atoms with E-state index in [1.54, 1.807) is 21.3 Å². The predicted molar refractivity (Wildman–Crippen MR) is 117 cm³/mol. The number of rotatable bonds is 12. The lowest BCUT2D eigenvalue weighted by molar-refractivity contribution is -0.0000102. The van der Waals surface area contributed by atoms with Gasteiger partial charge in [-0.2, -0.15) is 11.8 Å². The number of halogens is 1. The predicted octanol–water partition coefficient (Wildman–Crippen LogP) is 1.75. The van der Waals surface area contributed by atoms with Crippen molar-refractivity contribution in [1.29, 1.82) is 0 Å². The molecular weight excluding hydrogens is 398 g/mol. The molecule has 0 radical (unpaired) electrons. The summed E-state index contributed by atoms with van der Waals surface area (Å²) in [7, 11) is 4.75. The first-order chi connectivity index (χ1) is 12.5. The summed E-state index contributed by atoms with van der Waals surface area (Å²) in [5.74, 6) is 2.85. The first kappa shape index (κ1) is 29.1. The molecule has 0 aliphatic heterocycles. The van der Waals surface area contributed by atoms with Gasteiger partial charge < -0.3 is 30.6 Å². The molecule has 0 heterocycles. The molecule has 0 aliphatic rings. The number of hydrogen-bond acceptors (Lipinski definition) is 5. The van der Waals surface area contributed by atoms with Crippen LogP contribution in [0.2, 0.25) is 6.04 Å². The summed E-state index contributed by atoms with van der Waals surface area (Å²) in [4.78, 5) is 2.25. The standard InChI is InChI=1S/C15H26O3SSi.C5H13N.ClH/c1-14(15-9-6-5-7-10-15)13-19-11-8-12-20(16-2,17-3)18-4;1-4-6(3)5-2;/h5-7,9-10,14H,8,11-13H2,1-4H3;4-5H2,1-3H3;1H/p-1. The molecule has 1 unspecified atom stereocenters. The van der Waals surface area contributed by atoms with E-state index in [0.29, 0.717) is 5.92 Å². The molecule has 0 fully saturated rings. The summed E-state index contributed by atoms with van der Waals surface area (Å²) in [6.07, 6.45) is 1.06. The maximum Gasteiger partial charge on any atom is 0.500 e. The second-order valence-electron chi connectivity index (χ2n) is 6.27. The van der Waals surface area contributed by atoms with Crippen molar-refractivity contribution in [3.63, 3.8) is 0 Å². The highest BCUT2D eigenvalue weighted by Gasteiger charge is 2.36. The second-order valence-corrected chi connectivity index (χ2v) is 10.5. The van der Waals surface area contributed by atoms with E-state index >= 15 is 0 Å². The number of thioether (sulfide) groups is 1. The van der Waals surface area contributed by atoms with Gasteiger partial charge in [0.1, 0.15) is 0 Å². The molecule has 0 saturated heterocycles. The molecule has 0 aliphatic carbocycles. The van der Waals surface area contributed by atoms with Crippen molar-refractivity contribution >= 4 is 20.6 Å². The molecular formula is C20H39ClNO3SSi-. The Bertz CT molecular complexity index is 426. The van der Waals surface area contributed by atoms with Crippen molar-refractivity contribution in [2.75, 3.05) is 53.0 Å². The maximum absolute atomic E-state index is 5.42. The van der Waals surface area contributed by atoms with Gasteiger partial charge in [0.05, 0.1) is 0 Å². The van der Waals surface area contributed by atoms with Gasteiger partial charge in [0.2, 0.25) is 0 Å². The van der Waals surface area contributed by atoms with Gasteiger partial charge in [0.25, 0.3) is 0 Å². The van der Waals surface area contributed by atoms with Crippen LogP contribution in [-0.2, 0) is 13.3 Å². The SMILES string of the molecule is CCN(C)CC.CO[Si](CCCSCC(C)c1ccccc1)(OC)OC.[Cl-]. The van der Waals surface area contributed by atoms with Gasteiger partial charge in [-0.05, 0) is 49.5 Å². The van der Waals surface area contributed by atoms with Gasteiger partial charge in [-0.15, -0.1) is 0 Å². The average Bonchev–Trinajstić information content (AvgIpc) is 2.71. The van der Waals surface area contributed by atoms with Gasteiger partial charge in [-0.1, -0.05) is 51.1 Å². The molecule has 7 heteroatoms. The van der Waals surface area contributed by atoms with E-state index in [2.05, 4.69) is 63.1 Å². The zero-order valence-electron chi connectivity index (χ0n) is 18.2. The van der Waals surface area contributed by atoms with Crippen LogP contribution in [-0.4, -0.2) is 66.7 Å². The Balaban J connectivity index is 0. The van der Waals surface area contributed by atoms with Gasteiger partial charge in [0.15, 0.2) is 0 Å². The van der Waals surface area contributed by atoms with Crippen LogP contribution < -0.4 is 12.4 Å². The smallest absolute Gasteiger partial charge is 0.500 e. The van der Waals surface area contributed by atoms with Crippen LogP contribution in [0.15, 0.2) is 30.3 Å². The summed E-state index contributed by atoms with van der Waals surface area (Å²) >= 11 is 1.98. The first-order valence-corrected chi connectivity index (χ1v) is 12.5. The summed E-state index contributed by atoms with van der Waals surface area (Å²) in [5.41, 5.74) is 1.41. The van der Waals surface area contributed by atoms with Gasteiger partial charge in [0, 0.05) is 27.4 Å². The third kappa shape index (κ3) is 12.9. The van der Waals surface area contributed by atoms with Crippen molar-refractivity contribution in [2.45, 2.75) is 39.2 Å². The molecule has 0 N–H and O–H groups in total. The molecule has 1 aromatic carbocycles. The van der Waals surface area contributed by atoms with Crippen LogP contribution in [0.1, 0.15) is 38.7 Å². The molecule has 160 valence electrons. The Labute approximate surface area is 179 Å². The van der Waals surface area contributed by atoms with Crippen molar-refractivity contribution < 1.29 is 25.7 Å². The van der Waals surface area contributed by atoms with Gasteiger partial charge >= 0.3 is 8.80 Å². The minimum atomic E-state index is -2.37. The van der Waals surface area contributed by atoms with Crippen LogP contribution in [0, 0.1) is 0 Å². The Morgan fingerprint density at radius 2 is 1.52 bits per heavy atom. The highest BCUT2D eigenvalue weighted by molar-refractivity contribution is 7.99. The van der Waals surface area contributed by atoms with E-state index in [4.69, 9.17) is 13.3 Å². The van der Waals surface area contributed by atoms with Gasteiger partial charge in [-0.25, -0.2) is 0 Å². The lowest BCUT2D eigenvalue weighted by Gasteiger charge is -2.24. The van der Waals surface area contributed by atoms with Crippen LogP contribution >= 0.6 is 11.8 Å². The minimum Gasteiger partial charge on any atom is -1.00 e. The highest BCUT2D eigenvalue weighted by atomic mass is 35.5. The van der Waals surface area contributed by atoms with E-state index < -0.39 is 8.80 Å². The molecule has 0 spiro atoms. The van der Waals surface area contributed by atoms with E-state index in [9.17, 15) is 0 Å². The normalized spacial score (nSPS) is 12.1. The van der Waals surface area contributed by atoms with E-state index in [0.717, 1.165) is 37.1 Å². The Morgan fingerprint density at radius 1 is 1.00 bits per heavy atom. The second kappa shape index (κ2) is 18.0. The number of hydrogen-bond donors (Lipinski definition) is 0. The Kier molecular flexibility index (Phi) is 19.4. The van der Waals surface area contributed by atoms with Crippen LogP contribution in [0.25, 0.3) is 0 Å². The summed E-state index contributed by atoms with van der Waals surface area (Å²) < 4.78 is 16.3. The fraction of sp³-hybridized carbons (Fsp3) is 0.700. The molecule has 0 saturated carbocycles. The fourth-order valence-corrected chi connectivity index (χ4v) is 5.35. The van der Waals surface area contributed by atoms with Gasteiger partial charge in [-0.3, -0.25) is 0 Å². The highest BCUT2D eigenvalue weighted by Crippen LogP contribution is 2.22. The molecule has 1 atom stereocenters. The zero-order valence-corrected chi connectivity index (χ0v) is 20.7. The lowest BCUT2D eigenvalue weighted by Crippen LogP contribution is -3.00. The van der Waals surface area contributed by atoms with Crippen molar-refractivity contribution in [1.82, 2.24) is 4.90 Å². The quantitative estimate of drug-likeness (QED) is 0.368. The third-order valence-corrected chi connectivity index (χ3v) is 8.67. The topological polar surface area (TPSA) is 30.9 Å². The summed E-state index contributed by atoms with van der Waals surface area (Å²) in [5, 5.41) is 0. The van der Waals surface area contributed by atoms with E-state index in [1.165, 1.54) is 5.56 Å².